The van der Waals surface area contributed by atoms with Crippen LogP contribution in [-0.4, -0.2) is 23.6 Å². The predicted molar refractivity (Wildman–Crippen MR) is 68.6 cm³/mol. The van der Waals surface area contributed by atoms with Crippen LogP contribution >= 0.6 is 0 Å². The quantitative estimate of drug-likeness (QED) is 0.767. The minimum absolute atomic E-state index is 0.282. The van der Waals surface area contributed by atoms with E-state index in [0.29, 0.717) is 12.2 Å². The van der Waals surface area contributed by atoms with Crippen LogP contribution in [0.3, 0.4) is 0 Å². The molecule has 0 saturated heterocycles. The number of hydrogen-bond donors (Lipinski definition) is 1. The minimum atomic E-state index is 0.282. The summed E-state index contributed by atoms with van der Waals surface area (Å²) in [7, 11) is 2.07. The van der Waals surface area contributed by atoms with E-state index in [9.17, 15) is 5.11 Å². The summed E-state index contributed by atoms with van der Waals surface area (Å²) >= 11 is 0. The van der Waals surface area contributed by atoms with Gasteiger partial charge in [-0.1, -0.05) is 12.1 Å². The highest BCUT2D eigenvalue weighted by Crippen LogP contribution is 2.22. The fourth-order valence-electron chi connectivity index (χ4n) is 1.80. The summed E-state index contributed by atoms with van der Waals surface area (Å²) < 4.78 is 0. The van der Waals surface area contributed by atoms with E-state index in [1.165, 1.54) is 0 Å². The van der Waals surface area contributed by atoms with Crippen molar-refractivity contribution < 1.29 is 5.11 Å². The van der Waals surface area contributed by atoms with Crippen LogP contribution in [0, 0.1) is 11.3 Å². The van der Waals surface area contributed by atoms with Crippen LogP contribution in [0.15, 0.2) is 24.3 Å². The standard InChI is InChI=1S/C14H20N2O/c1-12(13-7-6-8-14(17)11-13)16(2)10-5-3-4-9-15/h6-8,11-12,17H,3-5,10H2,1-2H3/t12-/m1/s1. The Morgan fingerprint density at radius 3 is 2.82 bits per heavy atom. The van der Waals surface area contributed by atoms with Gasteiger partial charge in [0.25, 0.3) is 0 Å². The number of hydrogen-bond acceptors (Lipinski definition) is 3. The molecular formula is C14H20N2O. The van der Waals surface area contributed by atoms with Gasteiger partial charge in [0.05, 0.1) is 6.07 Å². The van der Waals surface area contributed by atoms with Crippen molar-refractivity contribution >= 4 is 0 Å². The Morgan fingerprint density at radius 1 is 1.41 bits per heavy atom. The molecule has 0 fully saturated rings. The van der Waals surface area contributed by atoms with E-state index in [0.717, 1.165) is 24.9 Å². The molecule has 0 amide bonds. The first kappa shape index (κ1) is 13.5. The molecule has 0 spiro atoms. The van der Waals surface area contributed by atoms with E-state index in [1.54, 1.807) is 12.1 Å². The maximum Gasteiger partial charge on any atom is 0.115 e. The molecule has 1 aromatic carbocycles. The zero-order chi connectivity index (χ0) is 12.7. The number of benzene rings is 1. The first-order valence-corrected chi connectivity index (χ1v) is 6.01. The van der Waals surface area contributed by atoms with Crippen molar-refractivity contribution in [3.63, 3.8) is 0 Å². The molecule has 0 aliphatic rings. The molecule has 0 heterocycles. The minimum Gasteiger partial charge on any atom is -0.508 e. The number of nitrogens with zero attached hydrogens (tertiary/aromatic N) is 2. The Morgan fingerprint density at radius 2 is 2.18 bits per heavy atom. The van der Waals surface area contributed by atoms with E-state index in [-0.39, 0.29) is 6.04 Å². The molecule has 17 heavy (non-hydrogen) atoms. The van der Waals surface area contributed by atoms with Crippen LogP contribution < -0.4 is 0 Å². The molecule has 1 aromatic rings. The van der Waals surface area contributed by atoms with Crippen LogP contribution in [0.25, 0.3) is 0 Å². The molecule has 1 atom stereocenters. The number of nitriles is 1. The molecule has 3 nitrogen and oxygen atoms in total. The van der Waals surface area contributed by atoms with Crippen LogP contribution in [0.5, 0.6) is 5.75 Å². The Kier molecular flexibility index (Phi) is 5.51. The van der Waals surface area contributed by atoms with E-state index in [4.69, 9.17) is 5.26 Å². The van der Waals surface area contributed by atoms with Crippen molar-refractivity contribution in [1.29, 1.82) is 5.26 Å². The van der Waals surface area contributed by atoms with Crippen molar-refractivity contribution in [2.75, 3.05) is 13.6 Å². The van der Waals surface area contributed by atoms with Gasteiger partial charge in [0.2, 0.25) is 0 Å². The van der Waals surface area contributed by atoms with E-state index >= 15 is 0 Å². The predicted octanol–water partition coefficient (Wildman–Crippen LogP) is 3.08. The molecular weight excluding hydrogens is 212 g/mol. The molecule has 0 radical (unpaired) electrons. The maximum absolute atomic E-state index is 9.44. The summed E-state index contributed by atoms with van der Waals surface area (Å²) in [5, 5.41) is 17.9. The summed E-state index contributed by atoms with van der Waals surface area (Å²) in [4.78, 5) is 2.24. The van der Waals surface area contributed by atoms with Crippen LogP contribution in [-0.2, 0) is 0 Å². The number of rotatable bonds is 6. The zero-order valence-corrected chi connectivity index (χ0v) is 10.6. The highest BCUT2D eigenvalue weighted by molar-refractivity contribution is 5.29. The second-order valence-corrected chi connectivity index (χ2v) is 4.37. The summed E-state index contributed by atoms with van der Waals surface area (Å²) in [6, 6.07) is 9.82. The highest BCUT2D eigenvalue weighted by Gasteiger charge is 2.11. The maximum atomic E-state index is 9.44. The van der Waals surface area contributed by atoms with Gasteiger partial charge in [0.15, 0.2) is 0 Å². The number of unbranched alkanes of at least 4 members (excludes halogenated alkanes) is 2. The van der Waals surface area contributed by atoms with Crippen molar-refractivity contribution in [2.24, 2.45) is 0 Å². The van der Waals surface area contributed by atoms with Gasteiger partial charge in [0.1, 0.15) is 5.75 Å². The van der Waals surface area contributed by atoms with Gasteiger partial charge in [-0.05, 0) is 51.1 Å². The molecule has 1 rings (SSSR count). The summed E-state index contributed by atoms with van der Waals surface area (Å²) in [5.41, 5.74) is 1.12. The summed E-state index contributed by atoms with van der Waals surface area (Å²) in [6.45, 7) is 3.09. The van der Waals surface area contributed by atoms with Crippen molar-refractivity contribution in [1.82, 2.24) is 4.90 Å². The third-order valence-corrected chi connectivity index (χ3v) is 3.06. The lowest BCUT2D eigenvalue weighted by Crippen LogP contribution is -2.23. The average Bonchev–Trinajstić information content (AvgIpc) is 2.33. The number of phenols is 1. The Labute approximate surface area is 103 Å². The van der Waals surface area contributed by atoms with E-state index < -0.39 is 0 Å². The van der Waals surface area contributed by atoms with Crippen molar-refractivity contribution in [3.8, 4) is 11.8 Å². The molecule has 0 bridgehead atoms. The van der Waals surface area contributed by atoms with Crippen molar-refractivity contribution in [3.05, 3.63) is 29.8 Å². The fourth-order valence-corrected chi connectivity index (χ4v) is 1.80. The second kappa shape index (κ2) is 6.93. The Hall–Kier alpha value is -1.53. The largest absolute Gasteiger partial charge is 0.508 e. The van der Waals surface area contributed by atoms with Gasteiger partial charge in [0, 0.05) is 12.5 Å². The van der Waals surface area contributed by atoms with Crippen LogP contribution in [0.4, 0.5) is 0 Å². The third kappa shape index (κ3) is 4.46. The monoisotopic (exact) mass is 232 g/mol. The van der Waals surface area contributed by atoms with Crippen molar-refractivity contribution in [2.45, 2.75) is 32.2 Å². The first-order chi connectivity index (χ1) is 8.15. The van der Waals surface area contributed by atoms with Crippen LogP contribution in [0.2, 0.25) is 0 Å². The fraction of sp³-hybridized carbons (Fsp3) is 0.500. The average molecular weight is 232 g/mol. The molecule has 0 aromatic heterocycles. The third-order valence-electron chi connectivity index (χ3n) is 3.06. The summed E-state index contributed by atoms with van der Waals surface area (Å²) in [6.07, 6.45) is 2.62. The molecule has 1 N–H and O–H groups in total. The molecule has 0 aliphatic heterocycles. The lowest BCUT2D eigenvalue weighted by Gasteiger charge is -2.25. The molecule has 0 aliphatic carbocycles. The lowest BCUT2D eigenvalue weighted by molar-refractivity contribution is 0.256. The number of aromatic hydroxyl groups is 1. The van der Waals surface area contributed by atoms with Gasteiger partial charge in [-0.3, -0.25) is 4.90 Å². The zero-order valence-electron chi connectivity index (χ0n) is 10.6. The van der Waals surface area contributed by atoms with Crippen LogP contribution in [0.1, 0.15) is 37.8 Å². The molecule has 0 saturated carbocycles. The SMILES string of the molecule is C[C@H](c1cccc(O)c1)N(C)CCCCC#N. The Balaban J connectivity index is 2.46. The Bertz CT molecular complexity index is 384. The molecule has 0 unspecified atom stereocenters. The smallest absolute Gasteiger partial charge is 0.115 e. The van der Waals surface area contributed by atoms with Gasteiger partial charge in [-0.2, -0.15) is 5.26 Å². The molecule has 92 valence electrons. The normalized spacial score (nSPS) is 12.4. The van der Waals surface area contributed by atoms with Gasteiger partial charge in [-0.15, -0.1) is 0 Å². The van der Waals surface area contributed by atoms with Gasteiger partial charge >= 0.3 is 0 Å². The highest BCUT2D eigenvalue weighted by atomic mass is 16.3. The van der Waals surface area contributed by atoms with Gasteiger partial charge < -0.3 is 5.11 Å². The van der Waals surface area contributed by atoms with Gasteiger partial charge in [-0.25, -0.2) is 0 Å². The first-order valence-electron chi connectivity index (χ1n) is 6.01. The lowest BCUT2D eigenvalue weighted by atomic mass is 10.1. The van der Waals surface area contributed by atoms with E-state index in [1.807, 2.05) is 12.1 Å². The number of phenolic OH excluding ortho intramolecular Hbond substituents is 1. The van der Waals surface area contributed by atoms with E-state index in [2.05, 4.69) is 24.9 Å². The topological polar surface area (TPSA) is 47.3 Å². The summed E-state index contributed by atoms with van der Waals surface area (Å²) in [5.74, 6) is 0.312. The second-order valence-electron chi connectivity index (χ2n) is 4.37. The molecule has 3 heteroatoms.